The third-order valence-electron chi connectivity index (χ3n) is 4.59. The molecule has 1 fully saturated rings. The van der Waals surface area contributed by atoms with Gasteiger partial charge in [-0.25, -0.2) is 8.42 Å². The van der Waals surface area contributed by atoms with Crippen LogP contribution in [0, 0.1) is 11.8 Å². The number of likely N-dealkylation sites (N-methyl/N-ethyl adjacent to an activating group) is 1. The van der Waals surface area contributed by atoms with Gasteiger partial charge in [0.2, 0.25) is 10.0 Å². The summed E-state index contributed by atoms with van der Waals surface area (Å²) in [6.45, 7) is 7.53. The third kappa shape index (κ3) is 4.59. The van der Waals surface area contributed by atoms with E-state index < -0.39 is 10.0 Å². The van der Waals surface area contributed by atoms with Crippen LogP contribution in [-0.4, -0.2) is 61.4 Å². The van der Waals surface area contributed by atoms with Crippen LogP contribution in [-0.2, 0) is 10.0 Å². The summed E-state index contributed by atoms with van der Waals surface area (Å²) in [6.07, 6.45) is 1.02. The average Bonchev–Trinajstić information content (AvgIpc) is 2.58. The molecule has 1 aromatic rings. The van der Waals surface area contributed by atoms with Crippen molar-refractivity contribution >= 4 is 15.9 Å². The third-order valence-corrected chi connectivity index (χ3v) is 6.42. The van der Waals surface area contributed by atoms with E-state index in [9.17, 15) is 13.2 Å². The molecule has 25 heavy (non-hydrogen) atoms. The van der Waals surface area contributed by atoms with Crippen LogP contribution in [0.2, 0.25) is 0 Å². The minimum Gasteiger partial charge on any atom is -0.395 e. The molecule has 1 aliphatic heterocycles. The highest BCUT2D eigenvalue weighted by Crippen LogP contribution is 2.27. The molecule has 7 heteroatoms. The zero-order valence-electron chi connectivity index (χ0n) is 15.2. The fraction of sp³-hybridized carbons (Fsp3) is 0.611. The summed E-state index contributed by atoms with van der Waals surface area (Å²) in [5, 5.41) is 9.07. The summed E-state index contributed by atoms with van der Waals surface area (Å²) in [7, 11) is -3.62. The van der Waals surface area contributed by atoms with Crippen molar-refractivity contribution in [2.45, 2.75) is 32.1 Å². The summed E-state index contributed by atoms with van der Waals surface area (Å²) < 4.78 is 27.5. The lowest BCUT2D eigenvalue weighted by atomic mass is 9.94. The highest BCUT2D eigenvalue weighted by atomic mass is 32.2. The van der Waals surface area contributed by atoms with Crippen LogP contribution >= 0.6 is 0 Å². The number of hydrogen-bond acceptors (Lipinski definition) is 4. The van der Waals surface area contributed by atoms with E-state index in [1.807, 2.05) is 6.92 Å². The smallest absolute Gasteiger partial charge is 0.253 e. The fourth-order valence-corrected chi connectivity index (χ4v) is 5.17. The molecule has 0 spiro atoms. The van der Waals surface area contributed by atoms with Crippen molar-refractivity contribution in [3.05, 3.63) is 29.8 Å². The molecule has 0 saturated carbocycles. The second kappa shape index (κ2) is 8.29. The minimum atomic E-state index is -3.62. The van der Waals surface area contributed by atoms with Crippen molar-refractivity contribution in [3.8, 4) is 0 Å². The van der Waals surface area contributed by atoms with E-state index in [2.05, 4.69) is 13.8 Å². The Hall–Kier alpha value is -1.44. The van der Waals surface area contributed by atoms with Crippen LogP contribution in [0.25, 0.3) is 0 Å². The number of nitrogens with zero attached hydrogens (tertiary/aromatic N) is 2. The molecule has 2 unspecified atom stereocenters. The van der Waals surface area contributed by atoms with E-state index in [-0.39, 0.29) is 24.0 Å². The Labute approximate surface area is 150 Å². The molecule has 140 valence electrons. The molecule has 1 aromatic carbocycles. The number of hydrogen-bond donors (Lipinski definition) is 1. The lowest BCUT2D eigenvalue weighted by Crippen LogP contribution is -2.42. The molecule has 1 amide bonds. The molecule has 1 heterocycles. The summed E-state index contributed by atoms with van der Waals surface area (Å²) in [4.78, 5) is 14.2. The first-order chi connectivity index (χ1) is 11.8. The van der Waals surface area contributed by atoms with Gasteiger partial charge in [-0.3, -0.25) is 4.79 Å². The quantitative estimate of drug-likeness (QED) is 0.831. The molecule has 0 aromatic heterocycles. The van der Waals surface area contributed by atoms with Gasteiger partial charge in [0.25, 0.3) is 5.91 Å². The van der Waals surface area contributed by atoms with Gasteiger partial charge < -0.3 is 10.0 Å². The second-order valence-corrected chi connectivity index (χ2v) is 8.84. The van der Waals surface area contributed by atoms with Gasteiger partial charge in [-0.15, -0.1) is 0 Å². The molecule has 1 N–H and O–H groups in total. The van der Waals surface area contributed by atoms with E-state index in [1.165, 1.54) is 15.3 Å². The zero-order chi connectivity index (χ0) is 18.6. The Morgan fingerprint density at radius 2 is 1.92 bits per heavy atom. The van der Waals surface area contributed by atoms with E-state index in [4.69, 9.17) is 5.11 Å². The van der Waals surface area contributed by atoms with Crippen LogP contribution in [0.4, 0.5) is 0 Å². The van der Waals surface area contributed by atoms with Crippen molar-refractivity contribution in [2.75, 3.05) is 32.8 Å². The normalized spacial score (nSPS) is 21.9. The number of amides is 1. The van der Waals surface area contributed by atoms with Gasteiger partial charge in [-0.2, -0.15) is 4.31 Å². The number of carbonyl (C=O) groups is 1. The van der Waals surface area contributed by atoms with Gasteiger partial charge >= 0.3 is 0 Å². The first-order valence-electron chi connectivity index (χ1n) is 8.80. The molecule has 0 aliphatic carbocycles. The summed E-state index contributed by atoms with van der Waals surface area (Å²) in [5.41, 5.74) is 0.328. The summed E-state index contributed by atoms with van der Waals surface area (Å²) >= 11 is 0. The number of carbonyl (C=O) groups excluding carboxylic acids is 1. The molecule has 1 saturated heterocycles. The second-order valence-electron chi connectivity index (χ2n) is 6.90. The maximum absolute atomic E-state index is 13.0. The first kappa shape index (κ1) is 19.9. The highest BCUT2D eigenvalue weighted by Gasteiger charge is 2.32. The van der Waals surface area contributed by atoms with Gasteiger partial charge in [0.1, 0.15) is 0 Å². The Kier molecular flexibility index (Phi) is 6.59. The number of piperidine rings is 1. The number of rotatable bonds is 6. The maximum atomic E-state index is 13.0. The van der Waals surface area contributed by atoms with Gasteiger partial charge in [0, 0.05) is 31.7 Å². The fourth-order valence-electron chi connectivity index (χ4n) is 3.45. The van der Waals surface area contributed by atoms with E-state index >= 15 is 0 Å². The summed E-state index contributed by atoms with van der Waals surface area (Å²) in [5.74, 6) is 0.376. The zero-order valence-corrected chi connectivity index (χ0v) is 16.0. The number of sulfonamides is 1. The van der Waals surface area contributed by atoms with E-state index in [0.717, 1.165) is 6.42 Å². The van der Waals surface area contributed by atoms with Crippen LogP contribution in [0.1, 0.15) is 37.6 Å². The Balaban J connectivity index is 2.29. The Morgan fingerprint density at radius 1 is 1.28 bits per heavy atom. The van der Waals surface area contributed by atoms with Crippen molar-refractivity contribution in [1.82, 2.24) is 9.21 Å². The monoisotopic (exact) mass is 368 g/mol. The molecular formula is C18H28N2O4S. The molecule has 0 bridgehead atoms. The molecule has 0 radical (unpaired) electrons. The van der Waals surface area contributed by atoms with Gasteiger partial charge in [-0.05, 0) is 43.4 Å². The number of aliphatic hydroxyl groups is 1. The highest BCUT2D eigenvalue weighted by molar-refractivity contribution is 7.89. The van der Waals surface area contributed by atoms with E-state index in [0.29, 0.717) is 37.0 Å². The Bertz CT molecular complexity index is 695. The number of aliphatic hydroxyl groups excluding tert-OH is 1. The van der Waals surface area contributed by atoms with Crippen molar-refractivity contribution in [3.63, 3.8) is 0 Å². The Morgan fingerprint density at radius 3 is 2.48 bits per heavy atom. The summed E-state index contributed by atoms with van der Waals surface area (Å²) in [6, 6.07) is 6.20. The topological polar surface area (TPSA) is 77.9 Å². The number of benzene rings is 1. The largest absolute Gasteiger partial charge is 0.395 e. The molecular weight excluding hydrogens is 340 g/mol. The van der Waals surface area contributed by atoms with Gasteiger partial charge in [0.05, 0.1) is 11.5 Å². The van der Waals surface area contributed by atoms with Crippen LogP contribution < -0.4 is 0 Å². The predicted octanol–water partition coefficient (Wildman–Crippen LogP) is 1.81. The molecule has 2 rings (SSSR count). The van der Waals surface area contributed by atoms with Gasteiger partial charge in [0.15, 0.2) is 0 Å². The van der Waals surface area contributed by atoms with Crippen molar-refractivity contribution < 1.29 is 18.3 Å². The van der Waals surface area contributed by atoms with Crippen LogP contribution in [0.15, 0.2) is 29.2 Å². The van der Waals surface area contributed by atoms with Gasteiger partial charge in [-0.1, -0.05) is 19.9 Å². The van der Waals surface area contributed by atoms with E-state index in [1.54, 1.807) is 18.2 Å². The first-order valence-corrected chi connectivity index (χ1v) is 10.2. The minimum absolute atomic E-state index is 0.124. The van der Waals surface area contributed by atoms with Crippen molar-refractivity contribution in [2.24, 2.45) is 11.8 Å². The molecule has 2 atom stereocenters. The molecule has 6 nitrogen and oxygen atoms in total. The maximum Gasteiger partial charge on any atom is 0.253 e. The lowest BCUT2D eigenvalue weighted by molar-refractivity contribution is 0.0731. The average molecular weight is 368 g/mol. The van der Waals surface area contributed by atoms with Crippen LogP contribution in [0.5, 0.6) is 0 Å². The SMILES string of the molecule is CCN(CCO)C(=O)c1cccc(S(=O)(=O)N2CC(C)CC(C)C2)c1. The van der Waals surface area contributed by atoms with Crippen molar-refractivity contribution in [1.29, 1.82) is 0 Å². The predicted molar refractivity (Wildman–Crippen MR) is 96.8 cm³/mol. The standard InChI is InChI=1S/C18H28N2O4S/c1-4-19(8-9-21)18(22)16-6-5-7-17(11-16)25(23,24)20-12-14(2)10-15(3)13-20/h5-7,11,14-15,21H,4,8-10,12-13H2,1-3H3. The lowest BCUT2D eigenvalue weighted by Gasteiger charge is -2.34. The van der Waals surface area contributed by atoms with Crippen LogP contribution in [0.3, 0.4) is 0 Å². The molecule has 1 aliphatic rings.